The topological polar surface area (TPSA) is 29.6 Å². The smallest absolute Gasteiger partial charge is 0.164 e. The van der Waals surface area contributed by atoms with Gasteiger partial charge in [0.2, 0.25) is 0 Å². The van der Waals surface area contributed by atoms with E-state index in [1.165, 1.54) is 44.9 Å². The number of ketones is 1. The summed E-state index contributed by atoms with van der Waals surface area (Å²) in [5, 5.41) is 0. The van der Waals surface area contributed by atoms with Crippen LogP contribution in [0.5, 0.6) is 0 Å². The standard InChI is InChI=1S/C18H34O2Si/c1-5-6-7-8-9-10-11-12-18-14-15(21(2,3)4)13-16(19)17(18)20-18/h15,17H,5-14H2,1-4H3/t15-,17-,18+/m1/s1. The van der Waals surface area contributed by atoms with Gasteiger partial charge in [0, 0.05) is 14.5 Å². The molecule has 1 aliphatic carbocycles. The van der Waals surface area contributed by atoms with Crippen molar-refractivity contribution in [2.75, 3.05) is 0 Å². The number of ether oxygens (including phenoxy) is 1. The van der Waals surface area contributed by atoms with E-state index in [-0.39, 0.29) is 11.7 Å². The Morgan fingerprint density at radius 2 is 1.71 bits per heavy atom. The van der Waals surface area contributed by atoms with Crippen molar-refractivity contribution in [3.63, 3.8) is 0 Å². The fourth-order valence-corrected chi connectivity index (χ4v) is 5.61. The highest BCUT2D eigenvalue weighted by molar-refractivity contribution is 6.77. The lowest BCUT2D eigenvalue weighted by Crippen LogP contribution is -2.39. The highest BCUT2D eigenvalue weighted by Crippen LogP contribution is 2.55. The predicted octanol–water partition coefficient (Wildman–Crippen LogP) is 5.34. The molecule has 1 saturated heterocycles. The third-order valence-electron chi connectivity index (χ3n) is 5.53. The number of rotatable bonds is 9. The second kappa shape index (κ2) is 6.95. The molecule has 21 heavy (non-hydrogen) atoms. The highest BCUT2D eigenvalue weighted by atomic mass is 28.3. The molecule has 122 valence electrons. The van der Waals surface area contributed by atoms with Gasteiger partial charge in [-0.1, -0.05) is 71.5 Å². The van der Waals surface area contributed by atoms with Crippen molar-refractivity contribution < 1.29 is 9.53 Å². The van der Waals surface area contributed by atoms with Gasteiger partial charge >= 0.3 is 0 Å². The van der Waals surface area contributed by atoms with Gasteiger partial charge in [0.25, 0.3) is 0 Å². The monoisotopic (exact) mass is 310 g/mol. The zero-order valence-electron chi connectivity index (χ0n) is 14.5. The summed E-state index contributed by atoms with van der Waals surface area (Å²) < 4.78 is 5.92. The van der Waals surface area contributed by atoms with Gasteiger partial charge in [-0.15, -0.1) is 0 Å². The zero-order valence-corrected chi connectivity index (χ0v) is 15.5. The first kappa shape index (κ1) is 17.2. The first-order valence-corrected chi connectivity index (χ1v) is 12.7. The van der Waals surface area contributed by atoms with Crippen LogP contribution < -0.4 is 0 Å². The fraction of sp³-hybridized carbons (Fsp3) is 0.944. The maximum atomic E-state index is 12.2. The maximum absolute atomic E-state index is 12.2. The summed E-state index contributed by atoms with van der Waals surface area (Å²) in [4.78, 5) is 12.2. The first-order chi connectivity index (χ1) is 9.89. The van der Waals surface area contributed by atoms with E-state index in [4.69, 9.17) is 4.74 Å². The molecule has 0 unspecified atom stereocenters. The molecule has 0 radical (unpaired) electrons. The van der Waals surface area contributed by atoms with Crippen LogP contribution in [0.25, 0.3) is 0 Å². The van der Waals surface area contributed by atoms with E-state index in [2.05, 4.69) is 26.6 Å². The summed E-state index contributed by atoms with van der Waals surface area (Å²) in [6.45, 7) is 9.46. The Labute approximate surface area is 132 Å². The van der Waals surface area contributed by atoms with E-state index in [0.29, 0.717) is 11.3 Å². The van der Waals surface area contributed by atoms with Gasteiger partial charge < -0.3 is 4.74 Å². The predicted molar refractivity (Wildman–Crippen MR) is 91.6 cm³/mol. The van der Waals surface area contributed by atoms with Crippen molar-refractivity contribution in [2.24, 2.45) is 0 Å². The van der Waals surface area contributed by atoms with Crippen molar-refractivity contribution in [3.8, 4) is 0 Å². The fourth-order valence-electron chi connectivity index (χ4n) is 3.84. The lowest BCUT2D eigenvalue weighted by molar-refractivity contribution is -0.120. The molecule has 0 N–H and O–H groups in total. The van der Waals surface area contributed by atoms with Crippen LogP contribution >= 0.6 is 0 Å². The van der Waals surface area contributed by atoms with Crippen molar-refractivity contribution in [1.82, 2.24) is 0 Å². The number of hydrogen-bond donors (Lipinski definition) is 0. The Kier molecular flexibility index (Phi) is 5.69. The zero-order chi connectivity index (χ0) is 15.5. The molecule has 0 spiro atoms. The quantitative estimate of drug-likeness (QED) is 0.327. The second-order valence-corrected chi connectivity index (χ2v) is 13.9. The minimum atomic E-state index is -1.23. The van der Waals surface area contributed by atoms with E-state index in [1.807, 2.05) is 0 Å². The van der Waals surface area contributed by atoms with Crippen LogP contribution in [0.4, 0.5) is 0 Å². The average molecular weight is 311 g/mol. The van der Waals surface area contributed by atoms with Crippen LogP contribution in [-0.2, 0) is 9.53 Å². The summed E-state index contributed by atoms with van der Waals surface area (Å²) >= 11 is 0. The van der Waals surface area contributed by atoms with Crippen molar-refractivity contribution >= 4 is 13.9 Å². The van der Waals surface area contributed by atoms with Crippen LogP contribution in [0.15, 0.2) is 0 Å². The molecule has 0 aromatic rings. The van der Waals surface area contributed by atoms with E-state index < -0.39 is 8.07 Å². The molecule has 0 aromatic carbocycles. The second-order valence-electron chi connectivity index (χ2n) is 8.37. The van der Waals surface area contributed by atoms with Crippen LogP contribution in [0.3, 0.4) is 0 Å². The van der Waals surface area contributed by atoms with E-state index >= 15 is 0 Å². The van der Waals surface area contributed by atoms with Crippen LogP contribution in [-0.4, -0.2) is 25.6 Å². The lowest BCUT2D eigenvalue weighted by Gasteiger charge is -2.33. The van der Waals surface area contributed by atoms with Gasteiger partial charge in [0.15, 0.2) is 5.78 Å². The molecule has 0 amide bonds. The van der Waals surface area contributed by atoms with E-state index in [0.717, 1.165) is 19.3 Å². The van der Waals surface area contributed by atoms with Gasteiger partial charge in [0.05, 0.1) is 0 Å². The number of hydrogen-bond acceptors (Lipinski definition) is 2. The van der Waals surface area contributed by atoms with Crippen LogP contribution in [0, 0.1) is 0 Å². The van der Waals surface area contributed by atoms with Crippen molar-refractivity contribution in [2.45, 2.75) is 108 Å². The van der Waals surface area contributed by atoms with Gasteiger partial charge in [-0.25, -0.2) is 0 Å². The number of fused-ring (bicyclic) bond motifs is 1. The van der Waals surface area contributed by atoms with Crippen LogP contribution in [0.1, 0.15) is 71.1 Å². The molecule has 2 aliphatic rings. The number of Topliss-reactive ketones (excluding diaryl/α,β-unsaturated/α-hetero) is 1. The summed E-state index contributed by atoms with van der Waals surface area (Å²) in [7, 11) is -1.23. The van der Waals surface area contributed by atoms with Gasteiger partial charge in [-0.05, 0) is 18.4 Å². The number of unbranched alkanes of at least 4 members (excludes halogenated alkanes) is 6. The number of epoxide rings is 1. The van der Waals surface area contributed by atoms with Gasteiger partial charge in [-0.2, -0.15) is 0 Å². The minimum absolute atomic E-state index is 0.0230. The molecule has 2 rings (SSSR count). The summed E-state index contributed by atoms with van der Waals surface area (Å²) in [5.41, 5.74) is 0.609. The first-order valence-electron chi connectivity index (χ1n) is 9.09. The molecule has 2 fully saturated rings. The molecular formula is C18H34O2Si. The molecule has 1 saturated carbocycles. The molecule has 3 atom stereocenters. The number of carbonyl (C=O) groups is 1. The largest absolute Gasteiger partial charge is 0.358 e. The van der Waals surface area contributed by atoms with Crippen LogP contribution in [0.2, 0.25) is 25.2 Å². The molecule has 1 heterocycles. The molecular weight excluding hydrogens is 276 g/mol. The summed E-state index contributed by atoms with van der Waals surface area (Å²) in [6, 6.07) is 0. The third kappa shape index (κ3) is 4.41. The molecule has 2 nitrogen and oxygen atoms in total. The van der Waals surface area contributed by atoms with Crippen molar-refractivity contribution in [1.29, 1.82) is 0 Å². The van der Waals surface area contributed by atoms with E-state index in [1.54, 1.807) is 0 Å². The Morgan fingerprint density at radius 1 is 1.10 bits per heavy atom. The Bertz CT molecular complexity index is 361. The van der Waals surface area contributed by atoms with Gasteiger partial charge in [0.1, 0.15) is 11.7 Å². The van der Waals surface area contributed by atoms with Crippen molar-refractivity contribution in [3.05, 3.63) is 0 Å². The Morgan fingerprint density at radius 3 is 2.33 bits per heavy atom. The number of carbonyl (C=O) groups excluding carboxylic acids is 1. The average Bonchev–Trinajstić information content (AvgIpc) is 3.12. The molecule has 3 heteroatoms. The Hall–Kier alpha value is -0.153. The third-order valence-corrected chi connectivity index (χ3v) is 8.39. The normalized spacial score (nSPS) is 32.1. The molecule has 1 aliphatic heterocycles. The van der Waals surface area contributed by atoms with Gasteiger partial charge in [-0.3, -0.25) is 4.79 Å². The molecule has 0 bridgehead atoms. The lowest BCUT2D eigenvalue weighted by atomic mass is 9.84. The summed E-state index contributed by atoms with van der Waals surface area (Å²) in [6.07, 6.45) is 12.4. The Balaban J connectivity index is 1.72. The van der Waals surface area contributed by atoms with E-state index in [9.17, 15) is 4.79 Å². The minimum Gasteiger partial charge on any atom is -0.358 e. The molecule has 0 aromatic heterocycles. The summed E-state index contributed by atoms with van der Waals surface area (Å²) in [5.74, 6) is 0.400. The maximum Gasteiger partial charge on any atom is 0.164 e. The highest BCUT2D eigenvalue weighted by Gasteiger charge is 2.64. The SMILES string of the molecule is CCCCCCCCC[C@]12C[C@H]([Si](C)(C)C)CC(=O)[C@H]1O2.